The van der Waals surface area contributed by atoms with E-state index in [0.29, 0.717) is 0 Å². The van der Waals surface area contributed by atoms with Crippen molar-refractivity contribution in [2.24, 2.45) is 12.8 Å². The maximum Gasteiger partial charge on any atom is 0.114 e. The zero-order chi connectivity index (χ0) is 11.1. The van der Waals surface area contributed by atoms with Crippen molar-refractivity contribution in [3.05, 3.63) is 36.0 Å². The van der Waals surface area contributed by atoms with Crippen molar-refractivity contribution in [1.29, 1.82) is 0 Å². The zero-order valence-electron chi connectivity index (χ0n) is 9.07. The number of fused-ring (bicyclic) bond motifs is 1. The first-order valence-corrected chi connectivity index (χ1v) is 5.03. The molecule has 2 aromatic rings. The Morgan fingerprint density at radius 2 is 2.07 bits per heavy atom. The van der Waals surface area contributed by atoms with Crippen LogP contribution in [-0.2, 0) is 12.6 Å². The Balaban J connectivity index is 2.68. The smallest absolute Gasteiger partial charge is 0.114 e. The van der Waals surface area contributed by atoms with Crippen molar-refractivity contribution in [2.45, 2.75) is 12.5 Å². The van der Waals surface area contributed by atoms with E-state index in [-0.39, 0.29) is 6.54 Å². The lowest BCUT2D eigenvalue weighted by Gasteiger charge is -2.22. The number of rotatable bonds is 2. The van der Waals surface area contributed by atoms with E-state index in [2.05, 4.69) is 0 Å². The summed E-state index contributed by atoms with van der Waals surface area (Å²) in [4.78, 5) is 0. The number of aryl methyl sites for hydroxylation is 1. The predicted molar refractivity (Wildman–Crippen MR) is 61.5 cm³/mol. The molecule has 3 nitrogen and oxygen atoms in total. The van der Waals surface area contributed by atoms with Gasteiger partial charge in [0.25, 0.3) is 0 Å². The van der Waals surface area contributed by atoms with Gasteiger partial charge < -0.3 is 15.4 Å². The number of para-hydroxylation sites is 1. The van der Waals surface area contributed by atoms with E-state index in [1.807, 2.05) is 41.9 Å². The van der Waals surface area contributed by atoms with Gasteiger partial charge in [0.15, 0.2) is 0 Å². The molecular formula is C12H16N2O. The number of hydrogen-bond donors (Lipinski definition) is 2. The van der Waals surface area contributed by atoms with Gasteiger partial charge in [0, 0.05) is 19.1 Å². The molecule has 3 N–H and O–H groups in total. The third-order valence-electron chi connectivity index (χ3n) is 2.90. The molecule has 1 heterocycles. The fourth-order valence-corrected chi connectivity index (χ4v) is 1.91. The largest absolute Gasteiger partial charge is 0.383 e. The lowest BCUT2D eigenvalue weighted by molar-refractivity contribution is 0.0596. The topological polar surface area (TPSA) is 51.2 Å². The highest BCUT2D eigenvalue weighted by atomic mass is 16.3. The molecule has 0 aliphatic heterocycles. The fraction of sp³-hybridized carbons (Fsp3) is 0.333. The number of nitrogens with zero attached hydrogens (tertiary/aromatic N) is 1. The summed E-state index contributed by atoms with van der Waals surface area (Å²) in [5, 5.41) is 11.3. The molecule has 2 rings (SSSR count). The highest BCUT2D eigenvalue weighted by molar-refractivity contribution is 5.81. The standard InChI is InChI=1S/C12H16N2O/c1-12(15,8-13)11-7-9-5-3-4-6-10(9)14(11)2/h3-7,15H,8,13H2,1-2H3. The van der Waals surface area contributed by atoms with Crippen LogP contribution in [0.2, 0.25) is 0 Å². The minimum absolute atomic E-state index is 0.219. The molecular weight excluding hydrogens is 188 g/mol. The molecule has 0 saturated heterocycles. The van der Waals surface area contributed by atoms with E-state index in [1.165, 1.54) is 0 Å². The van der Waals surface area contributed by atoms with Crippen molar-refractivity contribution in [1.82, 2.24) is 4.57 Å². The molecule has 1 aromatic heterocycles. The average molecular weight is 204 g/mol. The van der Waals surface area contributed by atoms with Gasteiger partial charge in [0.05, 0.1) is 5.69 Å². The van der Waals surface area contributed by atoms with Crippen molar-refractivity contribution < 1.29 is 5.11 Å². The van der Waals surface area contributed by atoms with Crippen LogP contribution in [0.5, 0.6) is 0 Å². The second kappa shape index (κ2) is 3.36. The van der Waals surface area contributed by atoms with Gasteiger partial charge in [-0.2, -0.15) is 0 Å². The summed E-state index contributed by atoms with van der Waals surface area (Å²) in [6.45, 7) is 1.96. The van der Waals surface area contributed by atoms with Crippen molar-refractivity contribution in [2.75, 3.05) is 6.54 Å². The summed E-state index contributed by atoms with van der Waals surface area (Å²) in [5.41, 5.74) is 6.57. The van der Waals surface area contributed by atoms with Gasteiger partial charge in [0.1, 0.15) is 5.60 Å². The van der Waals surface area contributed by atoms with Crippen LogP contribution < -0.4 is 5.73 Å². The van der Waals surface area contributed by atoms with Crippen LogP contribution in [0.25, 0.3) is 10.9 Å². The number of aliphatic hydroxyl groups is 1. The summed E-state index contributed by atoms with van der Waals surface area (Å²) >= 11 is 0. The van der Waals surface area contributed by atoms with E-state index < -0.39 is 5.60 Å². The number of nitrogens with two attached hydrogens (primary N) is 1. The fourth-order valence-electron chi connectivity index (χ4n) is 1.91. The highest BCUT2D eigenvalue weighted by Gasteiger charge is 2.24. The molecule has 0 spiro atoms. The molecule has 0 radical (unpaired) electrons. The molecule has 3 heteroatoms. The van der Waals surface area contributed by atoms with Gasteiger partial charge in [-0.05, 0) is 24.4 Å². The Bertz CT molecular complexity index is 485. The molecule has 15 heavy (non-hydrogen) atoms. The molecule has 1 atom stereocenters. The number of benzene rings is 1. The monoisotopic (exact) mass is 204 g/mol. The number of hydrogen-bond acceptors (Lipinski definition) is 2. The third-order valence-corrected chi connectivity index (χ3v) is 2.90. The lowest BCUT2D eigenvalue weighted by atomic mass is 10.0. The molecule has 0 fully saturated rings. The summed E-state index contributed by atoms with van der Waals surface area (Å²) in [6, 6.07) is 10.0. The summed E-state index contributed by atoms with van der Waals surface area (Å²) < 4.78 is 1.99. The summed E-state index contributed by atoms with van der Waals surface area (Å²) in [6.07, 6.45) is 0. The van der Waals surface area contributed by atoms with Crippen LogP contribution in [0.15, 0.2) is 30.3 Å². The Hall–Kier alpha value is -1.32. The molecule has 0 aliphatic rings. The summed E-state index contributed by atoms with van der Waals surface area (Å²) in [5.74, 6) is 0. The van der Waals surface area contributed by atoms with E-state index in [0.717, 1.165) is 16.6 Å². The van der Waals surface area contributed by atoms with E-state index in [4.69, 9.17) is 5.73 Å². The van der Waals surface area contributed by atoms with Gasteiger partial charge >= 0.3 is 0 Å². The molecule has 1 aromatic carbocycles. The Morgan fingerprint density at radius 3 is 2.67 bits per heavy atom. The maximum absolute atomic E-state index is 10.1. The maximum atomic E-state index is 10.1. The minimum Gasteiger partial charge on any atom is -0.383 e. The second-order valence-electron chi connectivity index (χ2n) is 4.13. The van der Waals surface area contributed by atoms with Crippen LogP contribution >= 0.6 is 0 Å². The average Bonchev–Trinajstić information content (AvgIpc) is 2.58. The van der Waals surface area contributed by atoms with Crippen LogP contribution in [0.1, 0.15) is 12.6 Å². The quantitative estimate of drug-likeness (QED) is 0.775. The van der Waals surface area contributed by atoms with Crippen LogP contribution in [0, 0.1) is 0 Å². The first kappa shape index (κ1) is 10.2. The van der Waals surface area contributed by atoms with Crippen molar-refractivity contribution in [3.63, 3.8) is 0 Å². The SMILES string of the molecule is Cn1c(C(C)(O)CN)cc2ccccc21. The Morgan fingerprint density at radius 1 is 1.40 bits per heavy atom. The Kier molecular flexibility index (Phi) is 2.29. The zero-order valence-corrected chi connectivity index (χ0v) is 9.07. The van der Waals surface area contributed by atoms with Gasteiger partial charge in [-0.15, -0.1) is 0 Å². The highest BCUT2D eigenvalue weighted by Crippen LogP contribution is 2.26. The van der Waals surface area contributed by atoms with E-state index in [1.54, 1.807) is 6.92 Å². The lowest BCUT2D eigenvalue weighted by Crippen LogP contribution is -2.33. The molecule has 0 bridgehead atoms. The molecule has 0 saturated carbocycles. The van der Waals surface area contributed by atoms with Gasteiger partial charge in [0.2, 0.25) is 0 Å². The summed E-state index contributed by atoms with van der Waals surface area (Å²) in [7, 11) is 1.95. The molecule has 0 amide bonds. The molecule has 0 aliphatic carbocycles. The Labute approximate surface area is 89.1 Å². The van der Waals surface area contributed by atoms with Crippen molar-refractivity contribution >= 4 is 10.9 Å². The van der Waals surface area contributed by atoms with Crippen LogP contribution in [0.3, 0.4) is 0 Å². The predicted octanol–water partition coefficient (Wildman–Crippen LogP) is 1.34. The first-order valence-electron chi connectivity index (χ1n) is 5.03. The van der Waals surface area contributed by atoms with E-state index in [9.17, 15) is 5.11 Å². The molecule has 80 valence electrons. The van der Waals surface area contributed by atoms with Crippen LogP contribution in [0.4, 0.5) is 0 Å². The third kappa shape index (κ3) is 1.54. The normalized spacial score (nSPS) is 15.5. The van der Waals surface area contributed by atoms with Crippen molar-refractivity contribution in [3.8, 4) is 0 Å². The molecule has 1 unspecified atom stereocenters. The van der Waals surface area contributed by atoms with Gasteiger partial charge in [-0.3, -0.25) is 0 Å². The van der Waals surface area contributed by atoms with Crippen LogP contribution in [-0.4, -0.2) is 16.2 Å². The van der Waals surface area contributed by atoms with Gasteiger partial charge in [-0.1, -0.05) is 18.2 Å². The number of aromatic nitrogens is 1. The van der Waals surface area contributed by atoms with Gasteiger partial charge in [-0.25, -0.2) is 0 Å². The second-order valence-corrected chi connectivity index (χ2v) is 4.13. The van der Waals surface area contributed by atoms with E-state index >= 15 is 0 Å². The first-order chi connectivity index (χ1) is 7.06. The minimum atomic E-state index is -0.965.